The van der Waals surface area contributed by atoms with Crippen LogP contribution in [-0.2, 0) is 13.6 Å². The van der Waals surface area contributed by atoms with E-state index in [0.717, 1.165) is 12.1 Å². The molecule has 0 unspecified atom stereocenters. The third kappa shape index (κ3) is 4.03. The number of carbonyl (C=O) groups is 1. The number of nitrogens with zero attached hydrogens (tertiary/aromatic N) is 3. The summed E-state index contributed by atoms with van der Waals surface area (Å²) >= 11 is 6.08. The highest BCUT2D eigenvalue weighted by Gasteiger charge is 2.18. The first-order valence-corrected chi connectivity index (χ1v) is 9.10. The van der Waals surface area contributed by atoms with Gasteiger partial charge in [-0.1, -0.05) is 11.6 Å². The fourth-order valence-corrected chi connectivity index (χ4v) is 3.05. The summed E-state index contributed by atoms with van der Waals surface area (Å²) in [5.41, 5.74) is 0.984. The zero-order valence-corrected chi connectivity index (χ0v) is 16.3. The van der Waals surface area contributed by atoms with Crippen LogP contribution in [0.3, 0.4) is 0 Å². The molecular weight excluding hydrogens is 418 g/mol. The Balaban J connectivity index is 1.49. The van der Waals surface area contributed by atoms with E-state index in [1.807, 2.05) is 0 Å². The van der Waals surface area contributed by atoms with Gasteiger partial charge in [0.25, 0.3) is 0 Å². The van der Waals surface area contributed by atoms with E-state index in [0.29, 0.717) is 21.7 Å². The Kier molecular flexibility index (Phi) is 5.23. The third-order valence-corrected chi connectivity index (χ3v) is 4.45. The standard InChI is InChI=1S/C19H15ClF2N6O2/c1-28-5-3-10(27-28)8-25-19(29)26-11-6-13(21)17(14(22)7-11)30-15-2-4-23-18-16(15)12(20)9-24-18/h2-7,9H,8H2,1H3,(H,23,24)(H2,25,26,29). The average Bonchev–Trinajstić information content (AvgIpc) is 3.29. The predicted molar refractivity (Wildman–Crippen MR) is 107 cm³/mol. The maximum atomic E-state index is 14.5. The molecule has 1 aromatic carbocycles. The van der Waals surface area contributed by atoms with Crippen molar-refractivity contribution < 1.29 is 18.3 Å². The van der Waals surface area contributed by atoms with E-state index in [1.165, 1.54) is 18.5 Å². The van der Waals surface area contributed by atoms with Crippen molar-refractivity contribution in [3.8, 4) is 11.5 Å². The molecular formula is C19H15ClF2N6O2. The normalized spacial score (nSPS) is 10.9. The molecule has 154 valence electrons. The first kappa shape index (κ1) is 19.6. The van der Waals surface area contributed by atoms with Crippen LogP contribution in [-0.4, -0.2) is 25.8 Å². The van der Waals surface area contributed by atoms with Crippen LogP contribution in [0.15, 0.2) is 42.9 Å². The van der Waals surface area contributed by atoms with Crippen LogP contribution in [0, 0.1) is 11.6 Å². The van der Waals surface area contributed by atoms with Gasteiger partial charge in [0.2, 0.25) is 0 Å². The number of pyridine rings is 1. The van der Waals surface area contributed by atoms with Gasteiger partial charge in [-0.25, -0.2) is 18.6 Å². The number of benzene rings is 1. The minimum Gasteiger partial charge on any atom is -0.450 e. The Morgan fingerprint density at radius 3 is 2.77 bits per heavy atom. The average molecular weight is 433 g/mol. The summed E-state index contributed by atoms with van der Waals surface area (Å²) in [6.07, 6.45) is 4.65. The Bertz CT molecular complexity index is 1220. The van der Waals surface area contributed by atoms with E-state index in [9.17, 15) is 13.6 Å². The lowest BCUT2D eigenvalue weighted by Crippen LogP contribution is -2.28. The molecule has 4 aromatic rings. The summed E-state index contributed by atoms with van der Waals surface area (Å²) in [5, 5.41) is 9.74. The number of fused-ring (bicyclic) bond motifs is 1. The highest BCUT2D eigenvalue weighted by Crippen LogP contribution is 2.36. The highest BCUT2D eigenvalue weighted by atomic mass is 35.5. The molecule has 8 nitrogen and oxygen atoms in total. The van der Waals surface area contributed by atoms with E-state index >= 15 is 0 Å². The lowest BCUT2D eigenvalue weighted by atomic mass is 10.2. The van der Waals surface area contributed by atoms with E-state index in [1.54, 1.807) is 24.0 Å². The number of hydrogen-bond donors (Lipinski definition) is 3. The van der Waals surface area contributed by atoms with E-state index < -0.39 is 23.4 Å². The summed E-state index contributed by atoms with van der Waals surface area (Å²) in [5.74, 6) is -2.48. The quantitative estimate of drug-likeness (QED) is 0.437. The van der Waals surface area contributed by atoms with Gasteiger partial charge in [-0.15, -0.1) is 0 Å². The van der Waals surface area contributed by atoms with Crippen molar-refractivity contribution in [2.45, 2.75) is 6.54 Å². The second kappa shape index (κ2) is 7.99. The first-order valence-electron chi connectivity index (χ1n) is 8.72. The minimum atomic E-state index is -0.994. The number of halogens is 3. The molecule has 30 heavy (non-hydrogen) atoms. The van der Waals surface area contributed by atoms with Crippen molar-refractivity contribution in [2.24, 2.45) is 7.05 Å². The van der Waals surface area contributed by atoms with Gasteiger partial charge in [0.15, 0.2) is 17.4 Å². The largest absolute Gasteiger partial charge is 0.450 e. The fourth-order valence-electron chi connectivity index (χ4n) is 2.82. The van der Waals surface area contributed by atoms with Crippen LogP contribution in [0.4, 0.5) is 19.3 Å². The Morgan fingerprint density at radius 1 is 1.30 bits per heavy atom. The Morgan fingerprint density at radius 2 is 2.07 bits per heavy atom. The predicted octanol–water partition coefficient (Wildman–Crippen LogP) is 4.34. The molecule has 11 heteroatoms. The molecule has 4 rings (SSSR count). The molecule has 0 radical (unpaired) electrons. The molecule has 3 N–H and O–H groups in total. The SMILES string of the molecule is Cn1ccc(CNC(=O)Nc2cc(F)c(Oc3ccnc4[nH]cc(Cl)c34)c(F)c2)n1. The third-order valence-electron chi connectivity index (χ3n) is 4.15. The molecule has 0 aliphatic rings. The van der Waals surface area contributed by atoms with Crippen molar-refractivity contribution in [1.82, 2.24) is 25.1 Å². The number of carbonyl (C=O) groups excluding carboxylic acids is 1. The molecule has 0 atom stereocenters. The number of H-pyrrole nitrogens is 1. The van der Waals surface area contributed by atoms with Gasteiger partial charge in [-0.3, -0.25) is 4.68 Å². The zero-order valence-electron chi connectivity index (χ0n) is 15.5. The number of hydrogen-bond acceptors (Lipinski definition) is 4. The monoisotopic (exact) mass is 432 g/mol. The van der Waals surface area contributed by atoms with E-state index in [2.05, 4.69) is 25.7 Å². The van der Waals surface area contributed by atoms with Gasteiger partial charge < -0.3 is 20.4 Å². The lowest BCUT2D eigenvalue weighted by molar-refractivity contribution is 0.251. The van der Waals surface area contributed by atoms with Crippen molar-refractivity contribution >= 4 is 34.4 Å². The number of urea groups is 1. The second-order valence-electron chi connectivity index (χ2n) is 6.33. The number of rotatable bonds is 5. The number of aromatic amines is 1. The summed E-state index contributed by atoms with van der Waals surface area (Å²) < 4.78 is 36.1. The van der Waals surface area contributed by atoms with Crippen LogP contribution in [0.2, 0.25) is 5.02 Å². The van der Waals surface area contributed by atoms with Crippen molar-refractivity contribution in [2.75, 3.05) is 5.32 Å². The van der Waals surface area contributed by atoms with Gasteiger partial charge in [0.05, 0.1) is 22.6 Å². The summed E-state index contributed by atoms with van der Waals surface area (Å²) in [7, 11) is 1.75. The first-order chi connectivity index (χ1) is 14.4. The molecule has 0 fully saturated rings. The maximum absolute atomic E-state index is 14.5. The smallest absolute Gasteiger partial charge is 0.319 e. The number of aryl methyl sites for hydroxylation is 1. The lowest BCUT2D eigenvalue weighted by Gasteiger charge is -2.12. The molecule has 0 saturated carbocycles. The van der Waals surface area contributed by atoms with Crippen LogP contribution in [0.5, 0.6) is 11.5 Å². The van der Waals surface area contributed by atoms with Gasteiger partial charge in [0, 0.05) is 43.5 Å². The van der Waals surface area contributed by atoms with Crippen LogP contribution in [0.1, 0.15) is 5.69 Å². The van der Waals surface area contributed by atoms with E-state index in [4.69, 9.17) is 16.3 Å². The minimum absolute atomic E-state index is 0.0737. The zero-order chi connectivity index (χ0) is 21.3. The van der Waals surface area contributed by atoms with Crippen molar-refractivity contribution in [1.29, 1.82) is 0 Å². The Hall–Kier alpha value is -3.66. The van der Waals surface area contributed by atoms with Crippen molar-refractivity contribution in [3.05, 3.63) is 65.2 Å². The van der Waals surface area contributed by atoms with Gasteiger partial charge >= 0.3 is 6.03 Å². The summed E-state index contributed by atoms with van der Waals surface area (Å²) in [6.45, 7) is 0.161. The number of anilines is 1. The molecule has 0 aliphatic heterocycles. The number of ether oxygens (including phenoxy) is 1. The summed E-state index contributed by atoms with van der Waals surface area (Å²) in [4.78, 5) is 18.9. The highest BCUT2D eigenvalue weighted by molar-refractivity contribution is 6.36. The molecule has 2 amide bonds. The van der Waals surface area contributed by atoms with Crippen LogP contribution < -0.4 is 15.4 Å². The molecule has 3 heterocycles. The van der Waals surface area contributed by atoms with Crippen LogP contribution >= 0.6 is 11.6 Å². The van der Waals surface area contributed by atoms with Gasteiger partial charge in [-0.05, 0) is 12.1 Å². The van der Waals surface area contributed by atoms with Crippen molar-refractivity contribution in [3.63, 3.8) is 0 Å². The molecule has 0 bridgehead atoms. The van der Waals surface area contributed by atoms with Gasteiger partial charge in [0.1, 0.15) is 11.4 Å². The Labute approximate surface area is 173 Å². The maximum Gasteiger partial charge on any atom is 0.319 e. The topological polar surface area (TPSA) is 96.9 Å². The number of nitrogens with one attached hydrogen (secondary N) is 3. The fraction of sp³-hybridized carbons (Fsp3) is 0.105. The molecule has 0 aliphatic carbocycles. The number of aromatic nitrogens is 4. The molecule has 0 spiro atoms. The van der Waals surface area contributed by atoms with Crippen LogP contribution in [0.25, 0.3) is 11.0 Å². The second-order valence-corrected chi connectivity index (χ2v) is 6.74. The molecule has 3 aromatic heterocycles. The molecule has 0 saturated heterocycles. The number of amides is 2. The summed E-state index contributed by atoms with van der Waals surface area (Å²) in [6, 6.07) is 4.45. The van der Waals surface area contributed by atoms with E-state index in [-0.39, 0.29) is 18.0 Å². The van der Waals surface area contributed by atoms with Gasteiger partial charge in [-0.2, -0.15) is 5.10 Å².